The molecule has 3 rings (SSSR count). The lowest BCUT2D eigenvalue weighted by Gasteiger charge is -2.26. The highest BCUT2D eigenvalue weighted by atomic mass is 35.5. The van der Waals surface area contributed by atoms with Crippen LogP contribution in [0.2, 0.25) is 5.02 Å². The third-order valence-electron chi connectivity index (χ3n) is 4.45. The van der Waals surface area contributed by atoms with Crippen LogP contribution in [-0.4, -0.2) is 58.6 Å². The molecule has 0 spiro atoms. The van der Waals surface area contributed by atoms with Crippen LogP contribution >= 0.6 is 23.4 Å². The molecule has 0 saturated carbocycles. The van der Waals surface area contributed by atoms with Gasteiger partial charge in [-0.15, -0.1) is 0 Å². The summed E-state index contributed by atoms with van der Waals surface area (Å²) in [5, 5.41) is 0.970. The standard InChI is InChI=1S/C17H20ClN3O3S2/c1-12(16(22)20(2)15-7-10-26(23,24)11-15)25-17-19-8-9-21(17)14-5-3-13(18)4-6-14/h3-6,8-9,12,15H,7,10-11H2,1-2H3/t12-,15-/m0/s1. The second-order valence-electron chi connectivity index (χ2n) is 6.32. The fraction of sp³-hybridized carbons (Fsp3) is 0.412. The maximum absolute atomic E-state index is 12.7. The van der Waals surface area contributed by atoms with Crippen LogP contribution in [0.15, 0.2) is 41.8 Å². The van der Waals surface area contributed by atoms with E-state index >= 15 is 0 Å². The van der Waals surface area contributed by atoms with E-state index in [4.69, 9.17) is 11.6 Å². The highest BCUT2D eigenvalue weighted by molar-refractivity contribution is 8.00. The van der Waals surface area contributed by atoms with Crippen LogP contribution in [-0.2, 0) is 14.6 Å². The molecule has 0 aliphatic carbocycles. The fourth-order valence-electron chi connectivity index (χ4n) is 2.93. The molecule has 2 atom stereocenters. The molecule has 26 heavy (non-hydrogen) atoms. The first kappa shape index (κ1) is 19.3. The van der Waals surface area contributed by atoms with Gasteiger partial charge in [-0.2, -0.15) is 0 Å². The van der Waals surface area contributed by atoms with E-state index in [0.29, 0.717) is 16.6 Å². The Bertz CT molecular complexity index is 896. The summed E-state index contributed by atoms with van der Waals surface area (Å²) in [5.41, 5.74) is 0.907. The van der Waals surface area contributed by atoms with E-state index in [2.05, 4.69) is 4.98 Å². The monoisotopic (exact) mass is 413 g/mol. The lowest BCUT2D eigenvalue weighted by molar-refractivity contribution is -0.130. The number of amides is 1. The van der Waals surface area contributed by atoms with Gasteiger partial charge in [0.2, 0.25) is 5.91 Å². The smallest absolute Gasteiger partial charge is 0.235 e. The van der Waals surface area contributed by atoms with E-state index in [-0.39, 0.29) is 28.7 Å². The molecule has 1 fully saturated rings. The molecule has 1 aromatic heterocycles. The molecule has 140 valence electrons. The predicted octanol–water partition coefficient (Wildman–Crippen LogP) is 2.65. The molecule has 6 nitrogen and oxygen atoms in total. The Labute approximate surface area is 162 Å². The number of carbonyl (C=O) groups excluding carboxylic acids is 1. The lowest BCUT2D eigenvalue weighted by atomic mass is 10.2. The van der Waals surface area contributed by atoms with Crippen LogP contribution < -0.4 is 0 Å². The van der Waals surface area contributed by atoms with E-state index in [0.717, 1.165) is 5.69 Å². The largest absolute Gasteiger partial charge is 0.341 e. The highest BCUT2D eigenvalue weighted by Crippen LogP contribution is 2.27. The summed E-state index contributed by atoms with van der Waals surface area (Å²) < 4.78 is 25.2. The van der Waals surface area contributed by atoms with E-state index in [9.17, 15) is 13.2 Å². The van der Waals surface area contributed by atoms with Gasteiger partial charge >= 0.3 is 0 Å². The van der Waals surface area contributed by atoms with Gasteiger partial charge in [-0.05, 0) is 37.6 Å². The number of sulfone groups is 1. The van der Waals surface area contributed by atoms with Crippen molar-refractivity contribution < 1.29 is 13.2 Å². The van der Waals surface area contributed by atoms with Gasteiger partial charge in [-0.3, -0.25) is 9.36 Å². The summed E-state index contributed by atoms with van der Waals surface area (Å²) >= 11 is 7.28. The second kappa shape index (κ2) is 7.62. The van der Waals surface area contributed by atoms with Gasteiger partial charge in [0.05, 0.1) is 16.8 Å². The predicted molar refractivity (Wildman–Crippen MR) is 104 cm³/mol. The number of aromatic nitrogens is 2. The molecule has 0 N–H and O–H groups in total. The molecule has 2 aromatic rings. The van der Waals surface area contributed by atoms with Crippen molar-refractivity contribution in [2.45, 2.75) is 29.8 Å². The summed E-state index contributed by atoms with van der Waals surface area (Å²) in [6.07, 6.45) is 4.01. The van der Waals surface area contributed by atoms with Gasteiger partial charge in [0.15, 0.2) is 15.0 Å². The first-order valence-corrected chi connectivity index (χ1v) is 11.3. The third kappa shape index (κ3) is 4.24. The van der Waals surface area contributed by atoms with Crippen molar-refractivity contribution in [3.63, 3.8) is 0 Å². The lowest BCUT2D eigenvalue weighted by Crippen LogP contribution is -2.41. The van der Waals surface area contributed by atoms with Gasteiger partial charge in [-0.25, -0.2) is 13.4 Å². The number of rotatable bonds is 5. The number of nitrogens with zero attached hydrogens (tertiary/aromatic N) is 3. The van der Waals surface area contributed by atoms with Crippen LogP contribution in [0.1, 0.15) is 13.3 Å². The van der Waals surface area contributed by atoms with Crippen molar-refractivity contribution in [2.75, 3.05) is 18.6 Å². The van der Waals surface area contributed by atoms with Crippen molar-refractivity contribution in [3.8, 4) is 5.69 Å². The molecule has 9 heteroatoms. The molecular formula is C17H20ClN3O3S2. The first-order chi connectivity index (χ1) is 12.3. The second-order valence-corrected chi connectivity index (χ2v) is 10.3. The summed E-state index contributed by atoms with van der Waals surface area (Å²) in [7, 11) is -1.35. The minimum Gasteiger partial charge on any atom is -0.341 e. The number of thioether (sulfide) groups is 1. The van der Waals surface area contributed by atoms with Crippen molar-refractivity contribution >= 4 is 39.1 Å². The number of imidazole rings is 1. The van der Waals surface area contributed by atoms with Gasteiger partial charge in [0.1, 0.15) is 0 Å². The Hall–Kier alpha value is -1.51. The fourth-order valence-corrected chi connectivity index (χ4v) is 5.82. The van der Waals surface area contributed by atoms with Crippen LogP contribution in [0.25, 0.3) is 5.69 Å². The molecule has 0 bridgehead atoms. The topological polar surface area (TPSA) is 72.3 Å². The molecule has 1 amide bonds. The van der Waals surface area contributed by atoms with E-state index in [1.165, 1.54) is 11.8 Å². The highest BCUT2D eigenvalue weighted by Gasteiger charge is 2.34. The minimum atomic E-state index is -3.02. The van der Waals surface area contributed by atoms with Crippen molar-refractivity contribution in [3.05, 3.63) is 41.7 Å². The molecular weight excluding hydrogens is 394 g/mol. The zero-order valence-electron chi connectivity index (χ0n) is 14.5. The van der Waals surface area contributed by atoms with Crippen LogP contribution in [0.3, 0.4) is 0 Å². The normalized spacial score (nSPS) is 20.0. The number of halogens is 1. The number of hydrogen-bond donors (Lipinski definition) is 0. The number of benzene rings is 1. The molecule has 2 heterocycles. The van der Waals surface area contributed by atoms with Crippen LogP contribution in [0.5, 0.6) is 0 Å². The van der Waals surface area contributed by atoms with Crippen molar-refractivity contribution in [2.24, 2.45) is 0 Å². The Kier molecular flexibility index (Phi) is 5.64. The van der Waals surface area contributed by atoms with E-state index < -0.39 is 9.84 Å². The molecule has 1 aliphatic rings. The van der Waals surface area contributed by atoms with Gasteiger partial charge in [0, 0.05) is 36.2 Å². The minimum absolute atomic E-state index is 0.0476. The van der Waals surface area contributed by atoms with E-state index in [1.807, 2.05) is 29.8 Å². The Balaban J connectivity index is 1.70. The van der Waals surface area contributed by atoms with Crippen molar-refractivity contribution in [1.82, 2.24) is 14.5 Å². The zero-order chi connectivity index (χ0) is 18.9. The first-order valence-electron chi connectivity index (χ1n) is 8.20. The summed E-state index contributed by atoms with van der Waals surface area (Å²) in [6.45, 7) is 1.81. The maximum Gasteiger partial charge on any atom is 0.235 e. The van der Waals surface area contributed by atoms with Gasteiger partial charge in [0.25, 0.3) is 0 Å². The van der Waals surface area contributed by atoms with E-state index in [1.54, 1.807) is 30.3 Å². The third-order valence-corrected chi connectivity index (χ3v) is 7.52. The molecule has 0 radical (unpaired) electrons. The molecule has 1 aliphatic heterocycles. The Morgan fingerprint density at radius 2 is 2.08 bits per heavy atom. The summed E-state index contributed by atoms with van der Waals surface area (Å²) in [5.74, 6) is 0.104. The number of hydrogen-bond acceptors (Lipinski definition) is 5. The number of carbonyl (C=O) groups is 1. The Morgan fingerprint density at radius 1 is 1.38 bits per heavy atom. The van der Waals surface area contributed by atoms with Crippen molar-refractivity contribution in [1.29, 1.82) is 0 Å². The SMILES string of the molecule is C[C@H](Sc1nccn1-c1ccc(Cl)cc1)C(=O)N(C)[C@H]1CCS(=O)(=O)C1. The maximum atomic E-state index is 12.7. The summed E-state index contributed by atoms with van der Waals surface area (Å²) in [6, 6.07) is 7.13. The summed E-state index contributed by atoms with van der Waals surface area (Å²) in [4.78, 5) is 18.6. The molecule has 0 unspecified atom stereocenters. The zero-order valence-corrected chi connectivity index (χ0v) is 16.9. The van der Waals surface area contributed by atoms with Crippen LogP contribution in [0.4, 0.5) is 0 Å². The van der Waals surface area contributed by atoms with Gasteiger partial charge < -0.3 is 4.90 Å². The Morgan fingerprint density at radius 3 is 2.69 bits per heavy atom. The van der Waals surface area contributed by atoms with Crippen LogP contribution in [0, 0.1) is 0 Å². The molecule has 1 saturated heterocycles. The van der Waals surface area contributed by atoms with Gasteiger partial charge in [-0.1, -0.05) is 23.4 Å². The quantitative estimate of drug-likeness (QED) is 0.704. The average Bonchev–Trinajstić information content (AvgIpc) is 3.20. The average molecular weight is 414 g/mol. The molecule has 1 aromatic carbocycles.